The summed E-state index contributed by atoms with van der Waals surface area (Å²) in [6.45, 7) is 0.142. The van der Waals surface area contributed by atoms with Gasteiger partial charge in [0.1, 0.15) is 5.69 Å². The van der Waals surface area contributed by atoms with E-state index in [-0.39, 0.29) is 29.4 Å². The van der Waals surface area contributed by atoms with Crippen molar-refractivity contribution in [2.45, 2.75) is 12.3 Å². The Labute approximate surface area is 160 Å². The Bertz CT molecular complexity index is 1080. The zero-order valence-corrected chi connectivity index (χ0v) is 14.8. The van der Waals surface area contributed by atoms with Crippen LogP contribution < -0.4 is 5.73 Å². The van der Waals surface area contributed by atoms with Crippen LogP contribution in [0.25, 0.3) is 0 Å². The summed E-state index contributed by atoms with van der Waals surface area (Å²) in [6.07, 6.45) is 0. The number of nitro benzene ring substituents is 1. The van der Waals surface area contributed by atoms with E-state index >= 15 is 0 Å². The lowest BCUT2D eigenvalue weighted by atomic mass is 9.93. The van der Waals surface area contributed by atoms with Crippen molar-refractivity contribution in [1.82, 2.24) is 4.90 Å². The number of rotatable bonds is 4. The average Bonchev–Trinajstić information content (AvgIpc) is 2.92. The van der Waals surface area contributed by atoms with Gasteiger partial charge in [-0.2, -0.15) is 0 Å². The van der Waals surface area contributed by atoms with Crippen LogP contribution >= 0.6 is 0 Å². The van der Waals surface area contributed by atoms with E-state index in [2.05, 4.69) is 0 Å². The number of hydrogen-bond donors (Lipinski definition) is 2. The standard InChI is InChI=1S/C21H17N3O4/c22-18-11-10-15(12-19(18)24(27)28)21(26)17-9-5-4-8-16(17)20(25)23(21)13-14-6-2-1-3-7-14/h1-12,26H,13,22H2. The van der Waals surface area contributed by atoms with Crippen molar-refractivity contribution in [2.75, 3.05) is 5.73 Å². The topological polar surface area (TPSA) is 110 Å². The van der Waals surface area contributed by atoms with Gasteiger partial charge < -0.3 is 10.8 Å². The molecule has 7 heteroatoms. The van der Waals surface area contributed by atoms with Crippen LogP contribution in [0.4, 0.5) is 11.4 Å². The zero-order chi connectivity index (χ0) is 19.9. The van der Waals surface area contributed by atoms with Crippen molar-refractivity contribution in [2.24, 2.45) is 0 Å². The quantitative estimate of drug-likeness (QED) is 0.414. The highest BCUT2D eigenvalue weighted by molar-refractivity contribution is 6.00. The molecule has 0 spiro atoms. The van der Waals surface area contributed by atoms with E-state index in [1.807, 2.05) is 30.3 Å². The van der Waals surface area contributed by atoms with Gasteiger partial charge in [0.05, 0.1) is 4.92 Å². The van der Waals surface area contributed by atoms with Crippen molar-refractivity contribution >= 4 is 17.3 Å². The van der Waals surface area contributed by atoms with Crippen LogP contribution in [-0.4, -0.2) is 20.8 Å². The highest BCUT2D eigenvalue weighted by atomic mass is 16.6. The Morgan fingerprint density at radius 2 is 1.71 bits per heavy atom. The first-order chi connectivity index (χ1) is 13.4. The molecule has 1 amide bonds. The maximum atomic E-state index is 13.1. The number of nitrogen functional groups attached to an aromatic ring is 1. The summed E-state index contributed by atoms with van der Waals surface area (Å²) in [5, 5.41) is 23.1. The van der Waals surface area contributed by atoms with E-state index < -0.39 is 10.6 Å². The molecule has 3 aromatic rings. The first-order valence-corrected chi connectivity index (χ1v) is 8.65. The first kappa shape index (κ1) is 17.7. The summed E-state index contributed by atoms with van der Waals surface area (Å²) < 4.78 is 0. The van der Waals surface area contributed by atoms with Crippen LogP contribution in [0.3, 0.4) is 0 Å². The number of carbonyl (C=O) groups is 1. The fourth-order valence-corrected chi connectivity index (χ4v) is 3.59. The Morgan fingerprint density at radius 3 is 2.43 bits per heavy atom. The van der Waals surface area contributed by atoms with Gasteiger partial charge in [-0.15, -0.1) is 0 Å². The number of benzene rings is 3. The van der Waals surface area contributed by atoms with Crippen LogP contribution in [-0.2, 0) is 12.3 Å². The Kier molecular flexibility index (Phi) is 4.09. The molecule has 1 heterocycles. The minimum absolute atomic E-state index is 0.00966. The number of carbonyl (C=O) groups excluding carboxylic acids is 1. The molecule has 1 aliphatic rings. The van der Waals surface area contributed by atoms with Crippen molar-refractivity contribution < 1.29 is 14.8 Å². The van der Waals surface area contributed by atoms with Crippen LogP contribution in [0.1, 0.15) is 27.0 Å². The normalized spacial score (nSPS) is 18.2. The number of amides is 1. The summed E-state index contributed by atoms with van der Waals surface area (Å²) >= 11 is 0. The second-order valence-corrected chi connectivity index (χ2v) is 6.63. The second-order valence-electron chi connectivity index (χ2n) is 6.63. The molecule has 0 fully saturated rings. The molecule has 0 saturated carbocycles. The van der Waals surface area contributed by atoms with E-state index in [0.717, 1.165) is 5.56 Å². The lowest BCUT2D eigenvalue weighted by Crippen LogP contribution is -2.44. The SMILES string of the molecule is Nc1ccc(C2(O)c3ccccc3C(=O)N2Cc2ccccc2)cc1[N+](=O)[O-]. The van der Waals surface area contributed by atoms with Gasteiger partial charge in [0.25, 0.3) is 11.6 Å². The van der Waals surface area contributed by atoms with Gasteiger partial charge in [0.2, 0.25) is 0 Å². The molecule has 4 rings (SSSR count). The molecule has 0 saturated heterocycles. The molecular weight excluding hydrogens is 358 g/mol. The smallest absolute Gasteiger partial charge is 0.292 e. The van der Waals surface area contributed by atoms with Gasteiger partial charge in [0, 0.05) is 29.3 Å². The highest BCUT2D eigenvalue weighted by Crippen LogP contribution is 2.44. The molecule has 0 bridgehead atoms. The Morgan fingerprint density at radius 1 is 1.04 bits per heavy atom. The largest absolute Gasteiger partial charge is 0.393 e. The fourth-order valence-electron chi connectivity index (χ4n) is 3.59. The summed E-state index contributed by atoms with van der Waals surface area (Å²) in [4.78, 5) is 25.1. The van der Waals surface area contributed by atoms with Crippen molar-refractivity contribution in [3.8, 4) is 0 Å². The molecule has 1 aliphatic heterocycles. The first-order valence-electron chi connectivity index (χ1n) is 8.65. The summed E-state index contributed by atoms with van der Waals surface area (Å²) in [5.41, 5.74) is 5.32. The lowest BCUT2D eigenvalue weighted by molar-refractivity contribution is -0.384. The number of nitro groups is 1. The van der Waals surface area contributed by atoms with Gasteiger partial charge in [-0.1, -0.05) is 54.6 Å². The van der Waals surface area contributed by atoms with Crippen LogP contribution in [0.15, 0.2) is 72.8 Å². The molecule has 3 N–H and O–H groups in total. The van der Waals surface area contributed by atoms with Gasteiger partial charge >= 0.3 is 0 Å². The minimum Gasteiger partial charge on any atom is -0.393 e. The van der Waals surface area contributed by atoms with Crippen LogP contribution in [0, 0.1) is 10.1 Å². The second kappa shape index (κ2) is 6.47. The molecule has 7 nitrogen and oxygen atoms in total. The van der Waals surface area contributed by atoms with Gasteiger partial charge in [-0.05, 0) is 17.7 Å². The van der Waals surface area contributed by atoms with Crippen LogP contribution in [0.2, 0.25) is 0 Å². The number of nitrogens with two attached hydrogens (primary N) is 1. The summed E-state index contributed by atoms with van der Waals surface area (Å²) in [5.74, 6) is -0.346. The van der Waals surface area contributed by atoms with Crippen molar-refractivity contribution in [3.05, 3.63) is 105 Å². The van der Waals surface area contributed by atoms with E-state index in [4.69, 9.17) is 5.73 Å². The molecule has 0 aromatic heterocycles. The van der Waals surface area contributed by atoms with Gasteiger partial charge in [-0.25, -0.2) is 0 Å². The molecule has 1 unspecified atom stereocenters. The number of nitrogens with zero attached hydrogens (tertiary/aromatic N) is 2. The molecule has 140 valence electrons. The van der Waals surface area contributed by atoms with Crippen molar-refractivity contribution in [1.29, 1.82) is 0 Å². The maximum Gasteiger partial charge on any atom is 0.292 e. The zero-order valence-electron chi connectivity index (χ0n) is 14.8. The molecule has 3 aromatic carbocycles. The molecule has 1 atom stereocenters. The Hall–Kier alpha value is -3.71. The minimum atomic E-state index is -1.85. The van der Waals surface area contributed by atoms with E-state index in [1.165, 1.54) is 23.1 Å². The average molecular weight is 375 g/mol. The monoisotopic (exact) mass is 375 g/mol. The van der Waals surface area contributed by atoms with Gasteiger partial charge in [0.15, 0.2) is 5.72 Å². The maximum absolute atomic E-state index is 13.1. The predicted octanol–water partition coefficient (Wildman–Crippen LogP) is 3.03. The van der Waals surface area contributed by atoms with E-state index in [9.17, 15) is 20.0 Å². The third kappa shape index (κ3) is 2.60. The Balaban J connectivity index is 1.90. The van der Waals surface area contributed by atoms with E-state index in [1.54, 1.807) is 24.3 Å². The number of anilines is 1. The fraction of sp³-hybridized carbons (Fsp3) is 0.0952. The molecular formula is C21H17N3O4. The number of fused-ring (bicyclic) bond motifs is 1. The molecule has 0 aliphatic carbocycles. The van der Waals surface area contributed by atoms with E-state index in [0.29, 0.717) is 11.1 Å². The van der Waals surface area contributed by atoms with Crippen molar-refractivity contribution in [3.63, 3.8) is 0 Å². The highest BCUT2D eigenvalue weighted by Gasteiger charge is 2.50. The lowest BCUT2D eigenvalue weighted by Gasteiger charge is -2.35. The molecule has 28 heavy (non-hydrogen) atoms. The third-order valence-electron chi connectivity index (χ3n) is 4.98. The molecule has 0 radical (unpaired) electrons. The number of hydrogen-bond acceptors (Lipinski definition) is 5. The summed E-state index contributed by atoms with van der Waals surface area (Å²) in [6, 6.07) is 20.1. The summed E-state index contributed by atoms with van der Waals surface area (Å²) in [7, 11) is 0. The van der Waals surface area contributed by atoms with Crippen LogP contribution in [0.5, 0.6) is 0 Å². The predicted molar refractivity (Wildman–Crippen MR) is 103 cm³/mol. The number of aliphatic hydroxyl groups is 1. The van der Waals surface area contributed by atoms with Gasteiger partial charge in [-0.3, -0.25) is 19.8 Å². The third-order valence-corrected chi connectivity index (χ3v) is 4.98.